The molecule has 0 aliphatic carbocycles. The van der Waals surface area contributed by atoms with Crippen molar-refractivity contribution in [1.29, 1.82) is 0 Å². The van der Waals surface area contributed by atoms with Crippen LogP contribution in [0.4, 0.5) is 4.39 Å². The van der Waals surface area contributed by atoms with Crippen LogP contribution in [0.15, 0.2) is 47.5 Å². The van der Waals surface area contributed by atoms with E-state index in [0.29, 0.717) is 6.54 Å². The van der Waals surface area contributed by atoms with Crippen LogP contribution in [0.1, 0.15) is 16.7 Å². The maximum Gasteiger partial charge on any atom is 0.191 e. The Labute approximate surface area is 142 Å². The van der Waals surface area contributed by atoms with E-state index in [4.69, 9.17) is 4.74 Å². The van der Waals surface area contributed by atoms with Crippen molar-refractivity contribution in [3.05, 3.63) is 65.0 Å². The molecule has 0 radical (unpaired) electrons. The molecule has 0 unspecified atom stereocenters. The molecular formula is C19H24FN3O. The fourth-order valence-corrected chi connectivity index (χ4v) is 2.43. The molecule has 0 fully saturated rings. The Balaban J connectivity index is 1.82. The number of guanidine groups is 1. The molecule has 5 heteroatoms. The lowest BCUT2D eigenvalue weighted by atomic mass is 10.1. The minimum Gasteiger partial charge on any atom is -0.497 e. The Morgan fingerprint density at radius 2 is 1.83 bits per heavy atom. The summed E-state index contributed by atoms with van der Waals surface area (Å²) in [6.45, 7) is 3.43. The van der Waals surface area contributed by atoms with Gasteiger partial charge in [-0.1, -0.05) is 18.2 Å². The van der Waals surface area contributed by atoms with E-state index >= 15 is 0 Å². The highest BCUT2D eigenvalue weighted by atomic mass is 19.1. The van der Waals surface area contributed by atoms with Crippen molar-refractivity contribution in [2.75, 3.05) is 20.7 Å². The SMILES string of the molecule is CN=C(NCCc1ccc(F)cc1)NCc1cc(C)cc(OC)c1. The molecule has 2 rings (SSSR count). The van der Waals surface area contributed by atoms with Crippen LogP contribution in [0.3, 0.4) is 0 Å². The first-order valence-electron chi connectivity index (χ1n) is 7.94. The van der Waals surface area contributed by atoms with Crippen LogP contribution in [-0.2, 0) is 13.0 Å². The smallest absolute Gasteiger partial charge is 0.191 e. The van der Waals surface area contributed by atoms with Crippen LogP contribution in [0.5, 0.6) is 5.75 Å². The highest BCUT2D eigenvalue weighted by Gasteiger charge is 2.02. The highest BCUT2D eigenvalue weighted by molar-refractivity contribution is 5.79. The molecule has 0 atom stereocenters. The molecule has 128 valence electrons. The fourth-order valence-electron chi connectivity index (χ4n) is 2.43. The first kappa shape index (κ1) is 17.8. The van der Waals surface area contributed by atoms with E-state index in [2.05, 4.69) is 21.7 Å². The van der Waals surface area contributed by atoms with Gasteiger partial charge in [0.1, 0.15) is 11.6 Å². The van der Waals surface area contributed by atoms with Gasteiger partial charge in [0, 0.05) is 20.1 Å². The summed E-state index contributed by atoms with van der Waals surface area (Å²) in [6, 6.07) is 12.7. The molecule has 0 aromatic heterocycles. The van der Waals surface area contributed by atoms with Crippen molar-refractivity contribution in [3.8, 4) is 5.75 Å². The van der Waals surface area contributed by atoms with Crippen LogP contribution in [-0.4, -0.2) is 26.7 Å². The maximum atomic E-state index is 12.9. The second-order valence-corrected chi connectivity index (χ2v) is 5.59. The van der Waals surface area contributed by atoms with Gasteiger partial charge < -0.3 is 15.4 Å². The van der Waals surface area contributed by atoms with Crippen molar-refractivity contribution >= 4 is 5.96 Å². The summed E-state index contributed by atoms with van der Waals surface area (Å²) in [7, 11) is 3.41. The summed E-state index contributed by atoms with van der Waals surface area (Å²) in [6.07, 6.45) is 0.805. The van der Waals surface area contributed by atoms with E-state index in [1.165, 1.54) is 12.1 Å². The summed E-state index contributed by atoms with van der Waals surface area (Å²) >= 11 is 0. The number of aliphatic imine (C=N–C) groups is 1. The Kier molecular flexibility index (Phi) is 6.61. The molecule has 2 N–H and O–H groups in total. The number of hydrogen-bond donors (Lipinski definition) is 2. The summed E-state index contributed by atoms with van der Waals surface area (Å²) in [5, 5.41) is 6.54. The van der Waals surface area contributed by atoms with Crippen molar-refractivity contribution in [2.45, 2.75) is 19.9 Å². The molecule has 24 heavy (non-hydrogen) atoms. The first-order chi connectivity index (χ1) is 11.6. The standard InChI is InChI=1S/C19H24FN3O/c1-14-10-16(12-18(11-14)24-3)13-23-19(21-2)22-9-8-15-4-6-17(20)7-5-15/h4-7,10-12H,8-9,13H2,1-3H3,(H2,21,22,23). The topological polar surface area (TPSA) is 45.7 Å². The average molecular weight is 329 g/mol. The number of methoxy groups -OCH3 is 1. The lowest BCUT2D eigenvalue weighted by molar-refractivity contribution is 0.414. The van der Waals surface area contributed by atoms with Crippen molar-refractivity contribution in [3.63, 3.8) is 0 Å². The Morgan fingerprint density at radius 1 is 1.08 bits per heavy atom. The lowest BCUT2D eigenvalue weighted by Gasteiger charge is -2.13. The van der Waals surface area contributed by atoms with Crippen LogP contribution < -0.4 is 15.4 Å². The quantitative estimate of drug-likeness (QED) is 0.632. The largest absolute Gasteiger partial charge is 0.497 e. The fraction of sp³-hybridized carbons (Fsp3) is 0.316. The molecule has 0 bridgehead atoms. The minimum absolute atomic E-state index is 0.210. The Bertz CT molecular complexity index is 684. The van der Waals surface area contributed by atoms with E-state index in [9.17, 15) is 4.39 Å². The molecule has 2 aromatic carbocycles. The van der Waals surface area contributed by atoms with Gasteiger partial charge in [0.05, 0.1) is 7.11 Å². The number of hydrogen-bond acceptors (Lipinski definition) is 2. The van der Waals surface area contributed by atoms with Crippen LogP contribution in [0.2, 0.25) is 0 Å². The number of rotatable bonds is 6. The predicted octanol–water partition coefficient (Wildman–Crippen LogP) is 3.05. The molecule has 0 heterocycles. The zero-order chi connectivity index (χ0) is 17.4. The van der Waals surface area contributed by atoms with Crippen LogP contribution in [0, 0.1) is 12.7 Å². The summed E-state index contributed by atoms with van der Waals surface area (Å²) in [5.41, 5.74) is 3.38. The molecule has 0 aliphatic rings. The number of ether oxygens (including phenoxy) is 1. The average Bonchev–Trinajstić information content (AvgIpc) is 2.59. The van der Waals surface area contributed by atoms with Crippen molar-refractivity contribution in [2.24, 2.45) is 4.99 Å². The zero-order valence-electron chi connectivity index (χ0n) is 14.4. The molecule has 0 saturated carbocycles. The third-order valence-electron chi connectivity index (χ3n) is 3.65. The first-order valence-corrected chi connectivity index (χ1v) is 7.94. The lowest BCUT2D eigenvalue weighted by Crippen LogP contribution is -2.37. The normalized spacial score (nSPS) is 11.2. The van der Waals surface area contributed by atoms with Gasteiger partial charge in [-0.15, -0.1) is 0 Å². The van der Waals surface area contributed by atoms with Gasteiger partial charge in [0.25, 0.3) is 0 Å². The predicted molar refractivity (Wildman–Crippen MR) is 96.0 cm³/mol. The minimum atomic E-state index is -0.210. The van der Waals surface area contributed by atoms with E-state index in [1.807, 2.05) is 19.1 Å². The van der Waals surface area contributed by atoms with Crippen molar-refractivity contribution < 1.29 is 9.13 Å². The van der Waals surface area contributed by atoms with Gasteiger partial charge in [0.15, 0.2) is 5.96 Å². The molecule has 2 aromatic rings. The summed E-state index contributed by atoms with van der Waals surface area (Å²) in [5.74, 6) is 1.38. The van der Waals surface area contributed by atoms with Crippen molar-refractivity contribution in [1.82, 2.24) is 10.6 Å². The monoisotopic (exact) mass is 329 g/mol. The third-order valence-corrected chi connectivity index (χ3v) is 3.65. The van der Waals surface area contributed by atoms with E-state index in [-0.39, 0.29) is 5.82 Å². The Hall–Kier alpha value is -2.56. The van der Waals surface area contributed by atoms with E-state index in [0.717, 1.165) is 41.4 Å². The molecule has 0 aliphatic heterocycles. The molecule has 0 spiro atoms. The van der Waals surface area contributed by atoms with Gasteiger partial charge in [0.2, 0.25) is 0 Å². The van der Waals surface area contributed by atoms with Gasteiger partial charge >= 0.3 is 0 Å². The van der Waals surface area contributed by atoms with Crippen LogP contribution in [0.25, 0.3) is 0 Å². The second kappa shape index (κ2) is 8.91. The highest BCUT2D eigenvalue weighted by Crippen LogP contribution is 2.16. The molecule has 0 amide bonds. The number of nitrogens with one attached hydrogen (secondary N) is 2. The zero-order valence-corrected chi connectivity index (χ0v) is 14.4. The van der Waals surface area contributed by atoms with Gasteiger partial charge in [-0.05, 0) is 54.3 Å². The van der Waals surface area contributed by atoms with Gasteiger partial charge in [-0.25, -0.2) is 4.39 Å². The van der Waals surface area contributed by atoms with Gasteiger partial charge in [-0.2, -0.15) is 0 Å². The number of benzene rings is 2. The third kappa shape index (κ3) is 5.57. The van der Waals surface area contributed by atoms with Gasteiger partial charge in [-0.3, -0.25) is 4.99 Å². The maximum absolute atomic E-state index is 12.9. The number of halogens is 1. The number of aryl methyl sites for hydroxylation is 1. The number of nitrogens with zero attached hydrogens (tertiary/aromatic N) is 1. The molecule has 0 saturated heterocycles. The molecule has 4 nitrogen and oxygen atoms in total. The second-order valence-electron chi connectivity index (χ2n) is 5.59. The molecular weight excluding hydrogens is 305 g/mol. The van der Waals surface area contributed by atoms with Crippen LogP contribution >= 0.6 is 0 Å². The summed E-state index contributed by atoms with van der Waals surface area (Å²) < 4.78 is 18.2. The van der Waals surface area contributed by atoms with E-state index < -0.39 is 0 Å². The summed E-state index contributed by atoms with van der Waals surface area (Å²) in [4.78, 5) is 4.22. The van der Waals surface area contributed by atoms with E-state index in [1.54, 1.807) is 26.3 Å². The Morgan fingerprint density at radius 3 is 2.50 bits per heavy atom.